The van der Waals surface area contributed by atoms with Crippen LogP contribution in [0.15, 0.2) is 0 Å². The summed E-state index contributed by atoms with van der Waals surface area (Å²) in [6, 6.07) is 0. The largest absolute Gasteiger partial charge is 0.461 e. The summed E-state index contributed by atoms with van der Waals surface area (Å²) >= 11 is 0. The fraction of sp³-hybridized carbons (Fsp3) is 0.900. The molecule has 1 unspecified atom stereocenters. The lowest BCUT2D eigenvalue weighted by molar-refractivity contribution is -0.167. The van der Waals surface area contributed by atoms with E-state index in [9.17, 15) is 9.36 Å². The summed E-state index contributed by atoms with van der Waals surface area (Å²) in [5, 5.41) is 0. The molecule has 0 aromatic carbocycles. The number of esters is 1. The van der Waals surface area contributed by atoms with Gasteiger partial charge in [-0.05, 0) is 27.7 Å². The average molecular weight is 250 g/mol. The lowest BCUT2D eigenvalue weighted by Crippen LogP contribution is -2.36. The highest BCUT2D eigenvalue weighted by molar-refractivity contribution is 7.53. The van der Waals surface area contributed by atoms with Gasteiger partial charge in [0.05, 0.1) is 24.8 Å². The minimum absolute atomic E-state index is 0.148. The molecule has 1 fully saturated rings. The topological polar surface area (TPSA) is 61.8 Å². The molecule has 0 amide bonds. The van der Waals surface area contributed by atoms with E-state index in [4.69, 9.17) is 13.8 Å². The maximum atomic E-state index is 12.3. The van der Waals surface area contributed by atoms with Crippen molar-refractivity contribution >= 4 is 13.6 Å². The maximum Gasteiger partial charge on any atom is 0.334 e. The Balaban J connectivity index is 2.55. The normalized spacial score (nSPS) is 21.1. The van der Waals surface area contributed by atoms with Crippen molar-refractivity contribution in [3.63, 3.8) is 0 Å². The second-order valence-corrected chi connectivity index (χ2v) is 6.43. The van der Waals surface area contributed by atoms with Crippen molar-refractivity contribution < 1.29 is 23.1 Å². The van der Waals surface area contributed by atoms with E-state index in [0.717, 1.165) is 0 Å². The standard InChI is InChI=1S/C10H19O5P/c1-7(2)14-16(12,15-8(3)4)6-9-5-10(11)13-9/h7-9H,5-6H2,1-4H3. The van der Waals surface area contributed by atoms with Crippen LogP contribution >= 0.6 is 7.60 Å². The zero-order valence-corrected chi connectivity index (χ0v) is 11.0. The quantitative estimate of drug-likeness (QED) is 0.535. The number of ether oxygens (including phenoxy) is 1. The van der Waals surface area contributed by atoms with Crippen molar-refractivity contribution in [2.24, 2.45) is 0 Å². The summed E-state index contributed by atoms with van der Waals surface area (Å²) in [5.74, 6) is -0.259. The van der Waals surface area contributed by atoms with Gasteiger partial charge in [0.25, 0.3) is 0 Å². The molecule has 1 aliphatic heterocycles. The van der Waals surface area contributed by atoms with E-state index in [1.807, 2.05) is 0 Å². The molecule has 1 rings (SSSR count). The van der Waals surface area contributed by atoms with Crippen LogP contribution in [0.1, 0.15) is 34.1 Å². The monoisotopic (exact) mass is 250 g/mol. The van der Waals surface area contributed by atoms with Crippen LogP contribution < -0.4 is 0 Å². The summed E-state index contributed by atoms with van der Waals surface area (Å²) < 4.78 is 27.8. The Hall–Kier alpha value is -0.380. The first-order chi connectivity index (χ1) is 7.31. The first-order valence-corrected chi connectivity index (χ1v) is 7.19. The molecule has 1 heterocycles. The smallest absolute Gasteiger partial charge is 0.334 e. The van der Waals surface area contributed by atoms with E-state index < -0.39 is 7.60 Å². The lowest BCUT2D eigenvalue weighted by Gasteiger charge is -2.30. The van der Waals surface area contributed by atoms with Gasteiger partial charge in [-0.3, -0.25) is 9.36 Å². The van der Waals surface area contributed by atoms with Crippen LogP contribution in [0.4, 0.5) is 0 Å². The Labute approximate surface area is 96.0 Å². The van der Waals surface area contributed by atoms with Crippen molar-refractivity contribution in [1.29, 1.82) is 0 Å². The second-order valence-electron chi connectivity index (χ2n) is 4.42. The van der Waals surface area contributed by atoms with Gasteiger partial charge in [0, 0.05) is 0 Å². The Morgan fingerprint density at radius 2 is 1.75 bits per heavy atom. The van der Waals surface area contributed by atoms with E-state index in [1.54, 1.807) is 27.7 Å². The minimum atomic E-state index is -3.16. The van der Waals surface area contributed by atoms with E-state index in [-0.39, 0.29) is 30.4 Å². The number of hydrogen-bond donors (Lipinski definition) is 0. The fourth-order valence-electron chi connectivity index (χ4n) is 1.47. The van der Waals surface area contributed by atoms with Crippen LogP contribution in [-0.4, -0.2) is 30.4 Å². The maximum absolute atomic E-state index is 12.3. The van der Waals surface area contributed by atoms with Crippen LogP contribution in [0.25, 0.3) is 0 Å². The molecule has 5 nitrogen and oxygen atoms in total. The predicted octanol–water partition coefficient (Wildman–Crippen LogP) is 2.35. The lowest BCUT2D eigenvalue weighted by atomic mass is 10.2. The predicted molar refractivity (Wildman–Crippen MR) is 59.4 cm³/mol. The molecule has 0 aliphatic carbocycles. The molecule has 0 bridgehead atoms. The van der Waals surface area contributed by atoms with Crippen LogP contribution in [0.5, 0.6) is 0 Å². The summed E-state index contributed by atoms with van der Waals surface area (Å²) in [7, 11) is -3.16. The summed E-state index contributed by atoms with van der Waals surface area (Å²) in [4.78, 5) is 10.6. The first-order valence-electron chi connectivity index (χ1n) is 5.46. The molecule has 0 aromatic rings. The van der Waals surface area contributed by atoms with E-state index in [1.165, 1.54) is 0 Å². The van der Waals surface area contributed by atoms with Gasteiger partial charge in [-0.2, -0.15) is 0 Å². The van der Waals surface area contributed by atoms with Gasteiger partial charge in [-0.1, -0.05) is 0 Å². The van der Waals surface area contributed by atoms with Crippen LogP contribution in [0.2, 0.25) is 0 Å². The first kappa shape index (κ1) is 13.7. The molecular formula is C10H19O5P. The van der Waals surface area contributed by atoms with Crippen molar-refractivity contribution in [2.75, 3.05) is 6.16 Å². The van der Waals surface area contributed by atoms with Crippen molar-refractivity contribution in [3.05, 3.63) is 0 Å². The molecule has 16 heavy (non-hydrogen) atoms. The van der Waals surface area contributed by atoms with Gasteiger partial charge < -0.3 is 13.8 Å². The summed E-state index contributed by atoms with van der Waals surface area (Å²) in [5.41, 5.74) is 0. The van der Waals surface area contributed by atoms with Crippen LogP contribution in [-0.2, 0) is 23.1 Å². The molecule has 0 N–H and O–H groups in total. The molecular weight excluding hydrogens is 231 g/mol. The molecule has 6 heteroatoms. The van der Waals surface area contributed by atoms with Gasteiger partial charge in [0.2, 0.25) is 0 Å². The zero-order chi connectivity index (χ0) is 12.3. The highest BCUT2D eigenvalue weighted by Crippen LogP contribution is 2.52. The number of carbonyl (C=O) groups is 1. The third-order valence-electron chi connectivity index (χ3n) is 1.86. The average Bonchev–Trinajstić information content (AvgIpc) is 1.96. The van der Waals surface area contributed by atoms with Gasteiger partial charge in [0.15, 0.2) is 0 Å². The van der Waals surface area contributed by atoms with Crippen molar-refractivity contribution in [3.8, 4) is 0 Å². The van der Waals surface area contributed by atoms with Crippen molar-refractivity contribution in [2.45, 2.75) is 52.4 Å². The Morgan fingerprint density at radius 3 is 2.06 bits per heavy atom. The Bertz CT molecular complexity index is 278. The number of cyclic esters (lactones) is 1. The molecule has 1 saturated heterocycles. The van der Waals surface area contributed by atoms with Gasteiger partial charge >= 0.3 is 13.6 Å². The van der Waals surface area contributed by atoms with Gasteiger partial charge in [-0.25, -0.2) is 0 Å². The molecule has 1 atom stereocenters. The van der Waals surface area contributed by atoms with E-state index >= 15 is 0 Å². The summed E-state index contributed by atoms with van der Waals surface area (Å²) in [6.45, 7) is 7.18. The van der Waals surface area contributed by atoms with E-state index in [0.29, 0.717) is 6.42 Å². The molecule has 0 aromatic heterocycles. The van der Waals surface area contributed by atoms with Crippen LogP contribution in [0.3, 0.4) is 0 Å². The number of hydrogen-bond acceptors (Lipinski definition) is 5. The van der Waals surface area contributed by atoms with E-state index in [2.05, 4.69) is 0 Å². The zero-order valence-electron chi connectivity index (χ0n) is 10.1. The van der Waals surface area contributed by atoms with Crippen LogP contribution in [0, 0.1) is 0 Å². The van der Waals surface area contributed by atoms with Gasteiger partial charge in [0.1, 0.15) is 6.10 Å². The molecule has 94 valence electrons. The Morgan fingerprint density at radius 1 is 1.31 bits per heavy atom. The molecule has 0 radical (unpaired) electrons. The number of rotatable bonds is 6. The highest BCUT2D eigenvalue weighted by Gasteiger charge is 2.38. The Kier molecular flexibility index (Phi) is 4.53. The van der Waals surface area contributed by atoms with Gasteiger partial charge in [-0.15, -0.1) is 0 Å². The van der Waals surface area contributed by atoms with Crippen molar-refractivity contribution in [1.82, 2.24) is 0 Å². The third kappa shape index (κ3) is 4.24. The molecule has 0 spiro atoms. The molecule has 1 aliphatic rings. The summed E-state index contributed by atoms with van der Waals surface area (Å²) in [6.07, 6.45) is -0.237. The SMILES string of the molecule is CC(C)OP(=O)(CC1CC(=O)O1)OC(C)C. The highest BCUT2D eigenvalue weighted by atomic mass is 31.2. The fourth-order valence-corrected chi connectivity index (χ4v) is 3.68. The second kappa shape index (κ2) is 5.30. The third-order valence-corrected chi connectivity index (χ3v) is 4.20. The minimum Gasteiger partial charge on any atom is -0.461 e. The molecule has 0 saturated carbocycles. The number of carbonyl (C=O) groups excluding carboxylic acids is 1.